The topological polar surface area (TPSA) is 79.8 Å². The predicted octanol–water partition coefficient (Wildman–Crippen LogP) is 3.65. The molecule has 2 aromatic carbocycles. The molecule has 4 rings (SSSR count). The number of carbonyl (C=O) groups is 1. The lowest BCUT2D eigenvalue weighted by Crippen LogP contribution is -2.51. The molecule has 0 spiro atoms. The standard InChI is InChI=1S/C22H23ClFN3O3/c1-13-3-2-4-17(23)21(13)27-9-7-26(8-10-27)19(28)12-16-15-11-14(24)5-6-18(15)25-20(16)22(29)30/h2-6,11,19,25,28H,7-10,12H2,1H3,(H,29,30). The number of aliphatic hydroxyl groups is 1. The Balaban J connectivity index is 1.51. The van der Waals surface area contributed by atoms with E-state index in [2.05, 4.69) is 9.88 Å². The summed E-state index contributed by atoms with van der Waals surface area (Å²) < 4.78 is 13.7. The van der Waals surface area contributed by atoms with Crippen LogP contribution in [-0.2, 0) is 6.42 Å². The first-order valence-corrected chi connectivity index (χ1v) is 10.2. The first kappa shape index (κ1) is 20.7. The second kappa shape index (κ2) is 8.26. The number of aromatic nitrogens is 1. The smallest absolute Gasteiger partial charge is 0.352 e. The fraction of sp³-hybridized carbons (Fsp3) is 0.318. The molecule has 0 amide bonds. The fourth-order valence-corrected chi connectivity index (χ4v) is 4.53. The largest absolute Gasteiger partial charge is 0.477 e. The average Bonchev–Trinajstić information content (AvgIpc) is 3.06. The van der Waals surface area contributed by atoms with Gasteiger partial charge in [0.05, 0.1) is 10.7 Å². The number of piperazine rings is 1. The normalized spacial score (nSPS) is 16.2. The number of hydrogen-bond acceptors (Lipinski definition) is 4. The Bertz CT molecular complexity index is 1070. The molecule has 0 radical (unpaired) electrons. The van der Waals surface area contributed by atoms with Crippen molar-refractivity contribution in [3.8, 4) is 0 Å². The molecule has 0 bridgehead atoms. The zero-order valence-electron chi connectivity index (χ0n) is 16.5. The van der Waals surface area contributed by atoms with Gasteiger partial charge in [0, 0.05) is 43.5 Å². The third kappa shape index (κ3) is 3.88. The number of aliphatic hydroxyl groups excluding tert-OH is 1. The van der Waals surface area contributed by atoms with E-state index in [4.69, 9.17) is 11.6 Å². The molecular weight excluding hydrogens is 409 g/mol. The van der Waals surface area contributed by atoms with E-state index in [-0.39, 0.29) is 12.1 Å². The summed E-state index contributed by atoms with van der Waals surface area (Å²) in [5, 5.41) is 21.5. The lowest BCUT2D eigenvalue weighted by molar-refractivity contribution is 0.00116. The molecule has 30 heavy (non-hydrogen) atoms. The third-order valence-corrected chi connectivity index (χ3v) is 6.01. The number of hydrogen-bond donors (Lipinski definition) is 3. The molecule has 0 saturated carbocycles. The molecule has 1 saturated heterocycles. The molecule has 2 heterocycles. The van der Waals surface area contributed by atoms with Gasteiger partial charge in [0.15, 0.2) is 0 Å². The van der Waals surface area contributed by atoms with Crippen LogP contribution in [0.1, 0.15) is 21.6 Å². The maximum atomic E-state index is 13.7. The van der Waals surface area contributed by atoms with Gasteiger partial charge in [-0.3, -0.25) is 4.90 Å². The highest BCUT2D eigenvalue weighted by atomic mass is 35.5. The van der Waals surface area contributed by atoms with Crippen molar-refractivity contribution in [1.82, 2.24) is 9.88 Å². The van der Waals surface area contributed by atoms with Crippen LogP contribution in [0.25, 0.3) is 10.9 Å². The molecule has 3 N–H and O–H groups in total. The van der Waals surface area contributed by atoms with E-state index >= 15 is 0 Å². The second-order valence-electron chi connectivity index (χ2n) is 7.59. The minimum Gasteiger partial charge on any atom is -0.477 e. The van der Waals surface area contributed by atoms with Gasteiger partial charge < -0.3 is 20.1 Å². The number of fused-ring (bicyclic) bond motifs is 1. The lowest BCUT2D eigenvalue weighted by atomic mass is 10.0. The summed E-state index contributed by atoms with van der Waals surface area (Å²) in [6.07, 6.45) is -0.782. The van der Waals surface area contributed by atoms with E-state index in [0.717, 1.165) is 11.3 Å². The molecule has 158 valence electrons. The number of H-pyrrole nitrogens is 1. The van der Waals surface area contributed by atoms with E-state index < -0.39 is 18.0 Å². The zero-order chi connectivity index (χ0) is 21.4. The van der Waals surface area contributed by atoms with Gasteiger partial charge in [-0.2, -0.15) is 0 Å². The van der Waals surface area contributed by atoms with Gasteiger partial charge in [0.25, 0.3) is 0 Å². The molecule has 8 heteroatoms. The SMILES string of the molecule is Cc1cccc(Cl)c1N1CCN(C(O)Cc2c(C(=O)O)[nH]c3ccc(F)cc23)CC1. The monoisotopic (exact) mass is 431 g/mol. The molecular formula is C22H23ClFN3O3. The summed E-state index contributed by atoms with van der Waals surface area (Å²) in [4.78, 5) is 18.6. The van der Waals surface area contributed by atoms with E-state index in [1.807, 2.05) is 30.0 Å². The summed E-state index contributed by atoms with van der Waals surface area (Å²) in [5.41, 5.74) is 3.04. The third-order valence-electron chi connectivity index (χ3n) is 5.71. The molecule has 0 aliphatic carbocycles. The van der Waals surface area contributed by atoms with E-state index in [0.29, 0.717) is 47.7 Å². The van der Waals surface area contributed by atoms with Gasteiger partial charge in [-0.25, -0.2) is 9.18 Å². The van der Waals surface area contributed by atoms with E-state index in [1.54, 1.807) is 0 Å². The number of rotatable bonds is 5. The van der Waals surface area contributed by atoms with E-state index in [9.17, 15) is 19.4 Å². The second-order valence-corrected chi connectivity index (χ2v) is 7.99. The lowest BCUT2D eigenvalue weighted by Gasteiger charge is -2.39. The Hall–Kier alpha value is -2.61. The molecule has 1 aromatic heterocycles. The number of aromatic amines is 1. The predicted molar refractivity (Wildman–Crippen MR) is 115 cm³/mol. The fourth-order valence-electron chi connectivity index (χ4n) is 4.19. The minimum atomic E-state index is -1.13. The number of carboxylic acid groups (broad SMARTS) is 1. The summed E-state index contributed by atoms with van der Waals surface area (Å²) in [5.74, 6) is -1.58. The molecule has 1 unspecified atom stereocenters. The number of aryl methyl sites for hydroxylation is 1. The van der Waals surface area contributed by atoms with Crippen molar-refractivity contribution in [3.05, 3.63) is 64.1 Å². The van der Waals surface area contributed by atoms with Crippen LogP contribution in [0.5, 0.6) is 0 Å². The summed E-state index contributed by atoms with van der Waals surface area (Å²) in [7, 11) is 0. The van der Waals surface area contributed by atoms with Crippen molar-refractivity contribution in [2.24, 2.45) is 0 Å². The average molecular weight is 432 g/mol. The van der Waals surface area contributed by atoms with Crippen LogP contribution in [0, 0.1) is 12.7 Å². The first-order valence-electron chi connectivity index (χ1n) is 9.80. The summed E-state index contributed by atoms with van der Waals surface area (Å²) in [6.45, 7) is 4.60. The van der Waals surface area contributed by atoms with Gasteiger partial charge >= 0.3 is 5.97 Å². The van der Waals surface area contributed by atoms with Crippen molar-refractivity contribution in [1.29, 1.82) is 0 Å². The van der Waals surface area contributed by atoms with Crippen molar-refractivity contribution in [3.63, 3.8) is 0 Å². The van der Waals surface area contributed by atoms with Gasteiger partial charge in [0.2, 0.25) is 0 Å². The van der Waals surface area contributed by atoms with Gasteiger partial charge in [-0.05, 0) is 42.3 Å². The van der Waals surface area contributed by atoms with Crippen molar-refractivity contribution >= 4 is 34.2 Å². The van der Waals surface area contributed by atoms with Crippen LogP contribution in [-0.4, -0.2) is 58.5 Å². The Morgan fingerprint density at radius 3 is 2.63 bits per heavy atom. The Morgan fingerprint density at radius 2 is 1.97 bits per heavy atom. The number of benzene rings is 2. The van der Waals surface area contributed by atoms with Crippen LogP contribution >= 0.6 is 11.6 Å². The van der Waals surface area contributed by atoms with Crippen LogP contribution in [0.3, 0.4) is 0 Å². The van der Waals surface area contributed by atoms with Crippen LogP contribution in [0.15, 0.2) is 36.4 Å². The number of para-hydroxylation sites is 1. The Morgan fingerprint density at radius 1 is 1.23 bits per heavy atom. The minimum absolute atomic E-state index is 0.0139. The number of carboxylic acids is 1. The van der Waals surface area contributed by atoms with Crippen LogP contribution in [0.4, 0.5) is 10.1 Å². The van der Waals surface area contributed by atoms with Crippen LogP contribution in [0.2, 0.25) is 5.02 Å². The van der Waals surface area contributed by atoms with Crippen molar-refractivity contribution in [2.45, 2.75) is 19.6 Å². The molecule has 6 nitrogen and oxygen atoms in total. The Kier molecular flexibility index (Phi) is 5.69. The molecule has 1 fully saturated rings. The van der Waals surface area contributed by atoms with E-state index in [1.165, 1.54) is 18.2 Å². The van der Waals surface area contributed by atoms with Gasteiger partial charge in [-0.15, -0.1) is 0 Å². The molecule has 3 aromatic rings. The maximum absolute atomic E-state index is 13.7. The number of halogens is 2. The van der Waals surface area contributed by atoms with Crippen molar-refractivity contribution < 1.29 is 19.4 Å². The highest BCUT2D eigenvalue weighted by molar-refractivity contribution is 6.33. The number of aromatic carboxylic acids is 1. The first-order chi connectivity index (χ1) is 14.3. The summed E-state index contributed by atoms with van der Waals surface area (Å²) >= 11 is 6.38. The molecule has 1 aliphatic rings. The number of nitrogens with zero attached hydrogens (tertiary/aromatic N) is 2. The maximum Gasteiger partial charge on any atom is 0.352 e. The van der Waals surface area contributed by atoms with Crippen molar-refractivity contribution in [2.75, 3.05) is 31.1 Å². The van der Waals surface area contributed by atoms with Crippen LogP contribution < -0.4 is 4.90 Å². The van der Waals surface area contributed by atoms with Gasteiger partial charge in [0.1, 0.15) is 17.7 Å². The number of nitrogens with one attached hydrogen (secondary N) is 1. The van der Waals surface area contributed by atoms with Gasteiger partial charge in [-0.1, -0.05) is 23.7 Å². The zero-order valence-corrected chi connectivity index (χ0v) is 17.3. The number of anilines is 1. The highest BCUT2D eigenvalue weighted by Gasteiger charge is 2.27. The quantitative estimate of drug-likeness (QED) is 0.574. The molecule has 1 aliphatic heterocycles. The molecule has 1 atom stereocenters. The highest BCUT2D eigenvalue weighted by Crippen LogP contribution is 2.31. The summed E-state index contributed by atoms with van der Waals surface area (Å²) in [6, 6.07) is 9.91. The Labute approximate surface area is 178 Å².